The molecule has 31 heavy (non-hydrogen) atoms. The number of hydrogen-bond acceptors (Lipinski definition) is 9. The smallest absolute Gasteiger partial charge is 0.409 e. The van der Waals surface area contributed by atoms with Gasteiger partial charge in [-0.15, -0.1) is 3.82 Å². The number of methoxy groups -OCH3 is 1. The fraction of sp³-hybridized carbons (Fsp3) is 0.476. The lowest BCUT2D eigenvalue weighted by Crippen LogP contribution is -2.49. The summed E-state index contributed by atoms with van der Waals surface area (Å²) < 4.78 is 13.2. The Bertz CT molecular complexity index is 910. The van der Waals surface area contributed by atoms with Crippen LogP contribution >= 0.6 is 23.9 Å². The number of aromatic nitrogens is 2. The molecule has 5 rings (SSSR count). The molecule has 0 bridgehead atoms. The number of carbonyl (C=O) groups excluding carboxylic acids is 1. The van der Waals surface area contributed by atoms with Crippen LogP contribution in [0, 0.1) is 0 Å². The number of carbonyl (C=O) groups is 1. The predicted octanol–water partition coefficient (Wildman–Crippen LogP) is 3.87. The molecule has 164 valence electrons. The van der Waals surface area contributed by atoms with Crippen LogP contribution in [0.4, 0.5) is 4.79 Å². The molecule has 3 heterocycles. The maximum absolute atomic E-state index is 11.7. The summed E-state index contributed by atoms with van der Waals surface area (Å²) in [5, 5.41) is 0. The highest BCUT2D eigenvalue weighted by Gasteiger charge is 2.36. The van der Waals surface area contributed by atoms with Crippen molar-refractivity contribution in [2.45, 2.75) is 53.5 Å². The Labute approximate surface area is 190 Å². The standard InChI is InChI=1S/C21H25N5O3S2/c1-28-21(27)25-10-6-14(7-11-25)19-20(23-9-8-22-19)29-16-12-15(13-16)24-26-30-17-4-2-3-5-18(17)31-26/h2-5,8-9,14-16,24H,6-7,10-13H2,1H3/t15-,16-. The zero-order valence-electron chi connectivity index (χ0n) is 17.3. The van der Waals surface area contributed by atoms with Crippen molar-refractivity contribution < 1.29 is 14.3 Å². The van der Waals surface area contributed by atoms with Gasteiger partial charge in [-0.2, -0.15) is 0 Å². The second-order valence-electron chi connectivity index (χ2n) is 7.90. The van der Waals surface area contributed by atoms with Crippen molar-refractivity contribution in [2.24, 2.45) is 0 Å². The van der Waals surface area contributed by atoms with Gasteiger partial charge in [0.1, 0.15) is 11.8 Å². The Morgan fingerprint density at radius 1 is 1.10 bits per heavy atom. The first-order valence-electron chi connectivity index (χ1n) is 10.5. The van der Waals surface area contributed by atoms with Crippen molar-refractivity contribution >= 4 is 30.0 Å². The minimum Gasteiger partial charge on any atom is -0.473 e. The van der Waals surface area contributed by atoms with E-state index in [2.05, 4.69) is 43.5 Å². The van der Waals surface area contributed by atoms with Gasteiger partial charge in [0.15, 0.2) is 0 Å². The van der Waals surface area contributed by atoms with Crippen LogP contribution in [-0.2, 0) is 4.74 Å². The van der Waals surface area contributed by atoms with Crippen LogP contribution in [-0.4, -0.2) is 57.1 Å². The van der Waals surface area contributed by atoms with E-state index < -0.39 is 0 Å². The first kappa shape index (κ1) is 20.9. The summed E-state index contributed by atoms with van der Waals surface area (Å²) in [5.41, 5.74) is 4.48. The van der Waals surface area contributed by atoms with Crippen LogP contribution in [0.2, 0.25) is 0 Å². The van der Waals surface area contributed by atoms with Gasteiger partial charge in [-0.3, -0.25) is 4.98 Å². The van der Waals surface area contributed by atoms with Gasteiger partial charge >= 0.3 is 6.09 Å². The van der Waals surface area contributed by atoms with E-state index in [0.29, 0.717) is 25.0 Å². The SMILES string of the molecule is COC(=O)N1CCC(c2nccnc2O[C@H]2C[C@H](NN3Sc4ccccc4S3)C2)CC1. The van der Waals surface area contributed by atoms with E-state index in [9.17, 15) is 4.79 Å². The average molecular weight is 460 g/mol. The number of benzene rings is 1. The number of nitrogens with zero attached hydrogens (tertiary/aromatic N) is 4. The number of ether oxygens (including phenoxy) is 2. The highest BCUT2D eigenvalue weighted by Crippen LogP contribution is 2.45. The summed E-state index contributed by atoms with van der Waals surface area (Å²) in [6.07, 6.45) is 6.83. The highest BCUT2D eigenvalue weighted by atomic mass is 32.2. The molecular formula is C21H25N5O3S2. The number of likely N-dealkylation sites (tertiary alicyclic amines) is 1. The molecular weight excluding hydrogens is 434 g/mol. The highest BCUT2D eigenvalue weighted by molar-refractivity contribution is 8.14. The van der Waals surface area contributed by atoms with E-state index in [1.54, 1.807) is 41.2 Å². The molecule has 0 atom stereocenters. The fourth-order valence-corrected chi connectivity index (χ4v) is 6.31. The normalized spacial score (nSPS) is 23.8. The Morgan fingerprint density at radius 2 is 1.77 bits per heavy atom. The number of piperidine rings is 1. The molecule has 1 N–H and O–H groups in total. The third kappa shape index (κ3) is 4.62. The van der Waals surface area contributed by atoms with E-state index in [0.717, 1.165) is 31.4 Å². The molecule has 1 saturated carbocycles. The van der Waals surface area contributed by atoms with Gasteiger partial charge in [0.05, 0.1) is 7.11 Å². The lowest BCUT2D eigenvalue weighted by atomic mass is 9.89. The minimum atomic E-state index is -0.264. The molecule has 0 radical (unpaired) electrons. The Balaban J connectivity index is 1.12. The van der Waals surface area contributed by atoms with E-state index in [4.69, 9.17) is 9.47 Å². The number of rotatable bonds is 5. The Morgan fingerprint density at radius 3 is 2.45 bits per heavy atom. The van der Waals surface area contributed by atoms with Gasteiger partial charge in [0.2, 0.25) is 5.88 Å². The minimum absolute atomic E-state index is 0.142. The second-order valence-corrected chi connectivity index (χ2v) is 10.1. The van der Waals surface area contributed by atoms with Gasteiger partial charge in [0.25, 0.3) is 0 Å². The molecule has 2 fully saturated rings. The first-order valence-corrected chi connectivity index (χ1v) is 12.1. The second kappa shape index (κ2) is 9.23. The molecule has 8 nitrogen and oxygen atoms in total. The van der Waals surface area contributed by atoms with Crippen molar-refractivity contribution in [2.75, 3.05) is 20.2 Å². The van der Waals surface area contributed by atoms with Crippen LogP contribution in [0.1, 0.15) is 37.3 Å². The zero-order valence-corrected chi connectivity index (χ0v) is 18.9. The number of nitrogens with one attached hydrogen (secondary N) is 1. The maximum atomic E-state index is 11.7. The van der Waals surface area contributed by atoms with Crippen molar-refractivity contribution in [1.29, 1.82) is 0 Å². The van der Waals surface area contributed by atoms with E-state index in [-0.39, 0.29) is 18.1 Å². The summed E-state index contributed by atoms with van der Waals surface area (Å²) >= 11 is 3.46. The lowest BCUT2D eigenvalue weighted by Gasteiger charge is -2.37. The maximum Gasteiger partial charge on any atom is 0.409 e. The van der Waals surface area contributed by atoms with Gasteiger partial charge < -0.3 is 14.4 Å². The molecule has 1 aromatic heterocycles. The molecule has 0 spiro atoms. The van der Waals surface area contributed by atoms with Crippen LogP contribution in [0.25, 0.3) is 0 Å². The Hall–Kier alpha value is -2.01. The summed E-state index contributed by atoms with van der Waals surface area (Å²) in [6.45, 7) is 1.33. The molecule has 3 aliphatic rings. The number of amides is 1. The van der Waals surface area contributed by atoms with Crippen molar-refractivity contribution in [3.63, 3.8) is 0 Å². The average Bonchev–Trinajstić information content (AvgIpc) is 3.20. The van der Waals surface area contributed by atoms with Crippen molar-refractivity contribution in [1.82, 2.24) is 24.1 Å². The lowest BCUT2D eigenvalue weighted by molar-refractivity contribution is 0.0681. The van der Waals surface area contributed by atoms with Crippen LogP contribution in [0.3, 0.4) is 0 Å². The molecule has 1 aromatic carbocycles. The predicted molar refractivity (Wildman–Crippen MR) is 119 cm³/mol. The van der Waals surface area contributed by atoms with Crippen molar-refractivity contribution in [3.05, 3.63) is 42.4 Å². The monoisotopic (exact) mass is 459 g/mol. The van der Waals surface area contributed by atoms with Gasteiger partial charge in [-0.1, -0.05) is 12.1 Å². The van der Waals surface area contributed by atoms with Crippen molar-refractivity contribution in [3.8, 4) is 5.88 Å². The molecule has 2 aromatic rings. The molecule has 2 aliphatic heterocycles. The summed E-state index contributed by atoms with van der Waals surface area (Å²) in [7, 11) is 1.42. The number of hydrogen-bond donors (Lipinski definition) is 1. The summed E-state index contributed by atoms with van der Waals surface area (Å²) in [5.74, 6) is 0.884. The quantitative estimate of drug-likeness (QED) is 0.670. The van der Waals surface area contributed by atoms with E-state index in [1.807, 2.05) is 0 Å². The van der Waals surface area contributed by atoms with Crippen LogP contribution in [0.15, 0.2) is 46.5 Å². The molecule has 0 unspecified atom stereocenters. The molecule has 10 heteroatoms. The molecule has 1 saturated heterocycles. The van der Waals surface area contributed by atoms with Gasteiger partial charge in [-0.05, 0) is 48.9 Å². The van der Waals surface area contributed by atoms with E-state index in [1.165, 1.54) is 16.9 Å². The third-order valence-corrected chi connectivity index (χ3v) is 8.10. The Kier molecular flexibility index (Phi) is 6.22. The van der Waals surface area contributed by atoms with Crippen LogP contribution < -0.4 is 10.2 Å². The first-order chi connectivity index (χ1) is 15.2. The molecule has 1 amide bonds. The van der Waals surface area contributed by atoms with E-state index >= 15 is 0 Å². The summed E-state index contributed by atoms with van der Waals surface area (Å²) in [4.78, 5) is 25.1. The largest absolute Gasteiger partial charge is 0.473 e. The third-order valence-electron chi connectivity index (χ3n) is 5.88. The fourth-order valence-electron chi connectivity index (χ4n) is 4.10. The number of hydrazine groups is 1. The zero-order chi connectivity index (χ0) is 21.2. The van der Waals surface area contributed by atoms with Gasteiger partial charge in [-0.25, -0.2) is 15.2 Å². The topological polar surface area (TPSA) is 79.8 Å². The molecule has 1 aliphatic carbocycles. The van der Waals surface area contributed by atoms with Gasteiger partial charge in [0, 0.05) is 60.1 Å². The number of fused-ring (bicyclic) bond motifs is 1. The summed E-state index contributed by atoms with van der Waals surface area (Å²) in [6, 6.07) is 8.82. The van der Waals surface area contributed by atoms with Crippen LogP contribution in [0.5, 0.6) is 5.88 Å².